The Morgan fingerprint density at radius 3 is 2.29 bits per heavy atom. The fourth-order valence-corrected chi connectivity index (χ4v) is 3.16. The summed E-state index contributed by atoms with van der Waals surface area (Å²) in [6.45, 7) is 7.17. The van der Waals surface area contributed by atoms with Gasteiger partial charge in [-0.15, -0.1) is 0 Å². The third-order valence-corrected chi connectivity index (χ3v) is 4.44. The molecule has 1 saturated carbocycles. The van der Waals surface area contributed by atoms with Crippen LogP contribution in [0.1, 0.15) is 25.7 Å². The quantitative estimate of drug-likeness (QED) is 0.766. The van der Waals surface area contributed by atoms with Gasteiger partial charge in [0.2, 0.25) is 5.91 Å². The van der Waals surface area contributed by atoms with Crippen LogP contribution in [0.15, 0.2) is 0 Å². The maximum absolute atomic E-state index is 12.5. The molecule has 4 heteroatoms. The molecule has 2 saturated heterocycles. The summed E-state index contributed by atoms with van der Waals surface area (Å²) < 4.78 is 0. The predicted molar refractivity (Wildman–Crippen MR) is 66.8 cm³/mol. The lowest BCUT2D eigenvalue weighted by Crippen LogP contribution is -2.50. The first-order valence-corrected chi connectivity index (χ1v) is 7.03. The van der Waals surface area contributed by atoms with E-state index in [2.05, 4.69) is 15.1 Å². The van der Waals surface area contributed by atoms with Crippen LogP contribution in [-0.4, -0.2) is 61.5 Å². The molecule has 0 bridgehead atoms. The zero-order valence-corrected chi connectivity index (χ0v) is 10.6. The number of nitrogens with one attached hydrogen (secondary N) is 1. The number of carbonyl (C=O) groups excluding carboxylic acids is 1. The first-order valence-electron chi connectivity index (χ1n) is 7.03. The lowest BCUT2D eigenvalue weighted by Gasteiger charge is -2.32. The van der Waals surface area contributed by atoms with Crippen molar-refractivity contribution in [2.75, 3.05) is 45.8 Å². The molecule has 0 aromatic carbocycles. The van der Waals surface area contributed by atoms with Gasteiger partial charge in [0.25, 0.3) is 0 Å². The Balaban J connectivity index is 1.59. The molecule has 0 atom stereocenters. The van der Waals surface area contributed by atoms with Crippen molar-refractivity contribution in [1.82, 2.24) is 15.1 Å². The molecule has 0 aromatic rings. The molecule has 0 unspecified atom stereocenters. The molecular formula is C13H23N3O. The minimum atomic E-state index is 0.0156. The van der Waals surface area contributed by atoms with Gasteiger partial charge in [0.05, 0.1) is 5.41 Å². The van der Waals surface area contributed by atoms with Gasteiger partial charge < -0.3 is 15.1 Å². The highest BCUT2D eigenvalue weighted by Crippen LogP contribution is 2.48. The van der Waals surface area contributed by atoms with Crippen LogP contribution in [0.4, 0.5) is 0 Å². The van der Waals surface area contributed by atoms with E-state index in [9.17, 15) is 4.79 Å². The third-order valence-electron chi connectivity index (χ3n) is 4.44. The van der Waals surface area contributed by atoms with Crippen molar-refractivity contribution in [3.8, 4) is 0 Å². The van der Waals surface area contributed by atoms with Gasteiger partial charge in [0.15, 0.2) is 0 Å². The van der Waals surface area contributed by atoms with Crippen LogP contribution in [-0.2, 0) is 4.79 Å². The van der Waals surface area contributed by atoms with Crippen LogP contribution in [0.3, 0.4) is 0 Å². The molecule has 0 aromatic heterocycles. The van der Waals surface area contributed by atoms with Gasteiger partial charge in [-0.2, -0.15) is 0 Å². The number of likely N-dealkylation sites (tertiary alicyclic amines) is 1. The molecular weight excluding hydrogens is 214 g/mol. The highest BCUT2D eigenvalue weighted by atomic mass is 16.2. The summed E-state index contributed by atoms with van der Waals surface area (Å²) in [6, 6.07) is 0. The Labute approximate surface area is 103 Å². The standard InChI is InChI=1S/C13H23N3O/c17-12(16-9-5-14-6-10-16)13(3-4-13)11-15-7-1-2-8-15/h14H,1-11H2. The predicted octanol–water partition coefficient (Wildman–Crippen LogP) is 0.294. The Hall–Kier alpha value is -0.610. The van der Waals surface area contributed by atoms with Crippen molar-refractivity contribution >= 4 is 5.91 Å². The van der Waals surface area contributed by atoms with Crippen molar-refractivity contribution in [1.29, 1.82) is 0 Å². The summed E-state index contributed by atoms with van der Waals surface area (Å²) in [5.74, 6) is 0.436. The van der Waals surface area contributed by atoms with E-state index in [1.165, 1.54) is 25.9 Å². The molecule has 2 heterocycles. The molecule has 1 N–H and O–H groups in total. The average molecular weight is 237 g/mol. The van der Waals surface area contributed by atoms with E-state index in [4.69, 9.17) is 0 Å². The molecule has 0 spiro atoms. The number of nitrogens with zero attached hydrogens (tertiary/aromatic N) is 2. The first-order chi connectivity index (χ1) is 8.30. The number of rotatable bonds is 3. The number of hydrogen-bond donors (Lipinski definition) is 1. The number of piperazine rings is 1. The average Bonchev–Trinajstić information content (AvgIpc) is 2.97. The van der Waals surface area contributed by atoms with Gasteiger partial charge >= 0.3 is 0 Å². The van der Waals surface area contributed by atoms with Crippen molar-refractivity contribution in [2.45, 2.75) is 25.7 Å². The summed E-state index contributed by atoms with van der Waals surface area (Å²) >= 11 is 0. The van der Waals surface area contributed by atoms with Crippen LogP contribution in [0.5, 0.6) is 0 Å². The van der Waals surface area contributed by atoms with E-state index in [0.29, 0.717) is 5.91 Å². The largest absolute Gasteiger partial charge is 0.340 e. The van der Waals surface area contributed by atoms with Crippen LogP contribution < -0.4 is 5.32 Å². The smallest absolute Gasteiger partial charge is 0.230 e. The van der Waals surface area contributed by atoms with E-state index in [1.807, 2.05) is 0 Å². The van der Waals surface area contributed by atoms with E-state index >= 15 is 0 Å². The van der Waals surface area contributed by atoms with Crippen LogP contribution in [0.2, 0.25) is 0 Å². The fourth-order valence-electron chi connectivity index (χ4n) is 3.16. The number of carbonyl (C=O) groups is 1. The molecule has 17 heavy (non-hydrogen) atoms. The monoisotopic (exact) mass is 237 g/mol. The zero-order valence-electron chi connectivity index (χ0n) is 10.6. The minimum absolute atomic E-state index is 0.0156. The van der Waals surface area contributed by atoms with E-state index in [-0.39, 0.29) is 5.41 Å². The van der Waals surface area contributed by atoms with E-state index in [0.717, 1.165) is 45.6 Å². The molecule has 96 valence electrons. The second-order valence-corrected chi connectivity index (χ2v) is 5.81. The number of amides is 1. The Kier molecular flexibility index (Phi) is 3.09. The molecule has 1 amide bonds. The van der Waals surface area contributed by atoms with Crippen molar-refractivity contribution in [3.63, 3.8) is 0 Å². The lowest BCUT2D eigenvalue weighted by molar-refractivity contribution is -0.138. The van der Waals surface area contributed by atoms with Crippen LogP contribution in [0.25, 0.3) is 0 Å². The SMILES string of the molecule is O=C(N1CCNCC1)C1(CN2CCCC2)CC1. The maximum Gasteiger partial charge on any atom is 0.230 e. The second kappa shape index (κ2) is 4.58. The first kappa shape index (κ1) is 11.5. The van der Waals surface area contributed by atoms with Gasteiger partial charge in [0, 0.05) is 32.7 Å². The fraction of sp³-hybridized carbons (Fsp3) is 0.923. The van der Waals surface area contributed by atoms with Gasteiger partial charge in [-0.25, -0.2) is 0 Å². The summed E-state index contributed by atoms with van der Waals surface area (Å²) in [5.41, 5.74) is 0.0156. The molecule has 3 aliphatic rings. The van der Waals surface area contributed by atoms with Crippen LogP contribution >= 0.6 is 0 Å². The number of hydrogen-bond acceptors (Lipinski definition) is 3. The second-order valence-electron chi connectivity index (χ2n) is 5.81. The topological polar surface area (TPSA) is 35.6 Å². The highest BCUT2D eigenvalue weighted by Gasteiger charge is 2.52. The summed E-state index contributed by atoms with van der Waals surface area (Å²) in [4.78, 5) is 17.1. The van der Waals surface area contributed by atoms with Crippen molar-refractivity contribution < 1.29 is 4.79 Å². The zero-order chi connectivity index (χ0) is 11.7. The molecule has 3 fully saturated rings. The Bertz CT molecular complexity index is 289. The summed E-state index contributed by atoms with van der Waals surface area (Å²) in [6.07, 6.45) is 4.87. The van der Waals surface area contributed by atoms with Crippen molar-refractivity contribution in [2.24, 2.45) is 5.41 Å². The lowest BCUT2D eigenvalue weighted by atomic mass is 10.0. The molecule has 4 nitrogen and oxygen atoms in total. The van der Waals surface area contributed by atoms with Gasteiger partial charge in [-0.1, -0.05) is 0 Å². The van der Waals surface area contributed by atoms with Crippen LogP contribution in [0, 0.1) is 5.41 Å². The summed E-state index contributed by atoms with van der Waals surface area (Å²) in [7, 11) is 0. The summed E-state index contributed by atoms with van der Waals surface area (Å²) in [5, 5.41) is 3.31. The molecule has 0 radical (unpaired) electrons. The highest BCUT2D eigenvalue weighted by molar-refractivity contribution is 5.85. The van der Waals surface area contributed by atoms with Gasteiger partial charge in [-0.05, 0) is 38.8 Å². The molecule has 1 aliphatic carbocycles. The maximum atomic E-state index is 12.5. The molecule has 2 aliphatic heterocycles. The Morgan fingerprint density at radius 1 is 1.06 bits per heavy atom. The minimum Gasteiger partial charge on any atom is -0.340 e. The van der Waals surface area contributed by atoms with E-state index < -0.39 is 0 Å². The third kappa shape index (κ3) is 2.33. The van der Waals surface area contributed by atoms with Crippen molar-refractivity contribution in [3.05, 3.63) is 0 Å². The van der Waals surface area contributed by atoms with Gasteiger partial charge in [-0.3, -0.25) is 4.79 Å². The molecule has 3 rings (SSSR count). The van der Waals surface area contributed by atoms with E-state index in [1.54, 1.807) is 0 Å². The normalized spacial score (nSPS) is 28.4. The van der Waals surface area contributed by atoms with Gasteiger partial charge in [0.1, 0.15) is 0 Å². The Morgan fingerprint density at radius 2 is 1.71 bits per heavy atom.